The smallest absolute Gasteiger partial charge is 0.254 e. The number of aromatic nitrogens is 1. The minimum Gasteiger partial charge on any atom is -0.494 e. The number of anilines is 2. The van der Waals surface area contributed by atoms with Crippen LogP contribution in [0.15, 0.2) is 48.7 Å². The number of methoxy groups -OCH3 is 1. The largest absolute Gasteiger partial charge is 0.494 e. The zero-order valence-electron chi connectivity index (χ0n) is 19.5. The van der Waals surface area contributed by atoms with Gasteiger partial charge >= 0.3 is 0 Å². The van der Waals surface area contributed by atoms with Gasteiger partial charge in [0.25, 0.3) is 5.91 Å². The second-order valence-electron chi connectivity index (χ2n) is 8.23. The maximum Gasteiger partial charge on any atom is 0.254 e. The highest BCUT2D eigenvalue weighted by Crippen LogP contribution is 2.37. The number of rotatable bonds is 8. The van der Waals surface area contributed by atoms with E-state index < -0.39 is 17.5 Å². The van der Waals surface area contributed by atoms with Crippen LogP contribution in [0.1, 0.15) is 34.0 Å². The number of nitrogens with zero attached hydrogens (tertiary/aromatic N) is 2. The average molecular weight is 481 g/mol. The van der Waals surface area contributed by atoms with Gasteiger partial charge in [-0.2, -0.15) is 0 Å². The molecule has 3 aromatic rings. The first-order valence-electron chi connectivity index (χ1n) is 11.3. The predicted octanol–water partition coefficient (Wildman–Crippen LogP) is 3.52. The van der Waals surface area contributed by atoms with Crippen molar-refractivity contribution in [2.45, 2.75) is 19.8 Å². The van der Waals surface area contributed by atoms with Gasteiger partial charge in [0, 0.05) is 38.4 Å². The lowest BCUT2D eigenvalue weighted by molar-refractivity contribution is -0.118. The lowest BCUT2D eigenvalue weighted by Crippen LogP contribution is -2.34. The van der Waals surface area contributed by atoms with Gasteiger partial charge in [0.2, 0.25) is 5.91 Å². The normalized spacial score (nSPS) is 12.3. The molecular formula is C26H26F2N4O3. The molecule has 0 bridgehead atoms. The quantitative estimate of drug-likeness (QED) is 0.482. The Bertz CT molecular complexity index is 1270. The average Bonchev–Trinajstić information content (AvgIpc) is 3.26. The van der Waals surface area contributed by atoms with Crippen LogP contribution >= 0.6 is 0 Å². The highest BCUT2D eigenvalue weighted by atomic mass is 19.1. The molecule has 1 aromatic heterocycles. The first kappa shape index (κ1) is 24.1. The van der Waals surface area contributed by atoms with Gasteiger partial charge in [0.05, 0.1) is 12.7 Å². The Hall–Kier alpha value is -4.01. The van der Waals surface area contributed by atoms with Crippen LogP contribution in [0.3, 0.4) is 0 Å². The summed E-state index contributed by atoms with van der Waals surface area (Å²) in [5.74, 6) is -0.870. The molecule has 2 aromatic carbocycles. The van der Waals surface area contributed by atoms with Crippen LogP contribution in [-0.2, 0) is 17.6 Å². The van der Waals surface area contributed by atoms with Crippen LogP contribution in [0.25, 0.3) is 0 Å². The van der Waals surface area contributed by atoms with Crippen molar-refractivity contribution in [3.8, 4) is 5.75 Å². The van der Waals surface area contributed by atoms with E-state index in [1.54, 1.807) is 18.3 Å². The lowest BCUT2D eigenvalue weighted by Gasteiger charge is -2.20. The van der Waals surface area contributed by atoms with E-state index in [1.807, 2.05) is 23.1 Å². The minimum atomic E-state index is -0.592. The molecule has 0 spiro atoms. The number of amides is 2. The third kappa shape index (κ3) is 5.40. The van der Waals surface area contributed by atoms with Crippen LogP contribution in [0.2, 0.25) is 0 Å². The standard InChI is InChI=1S/C26H26F2N4O3/c1-16(33)29-10-11-31-26(34)25-19-8-12-32(22(19)5-4-20(25)27)24-15-18(7-9-30-24)13-17-3-6-23(35-2)21(28)14-17/h3-7,9,14-15H,8,10-13H2,1-2H3,(H,29,33)(H,31,34). The first-order valence-corrected chi connectivity index (χ1v) is 11.3. The zero-order valence-corrected chi connectivity index (χ0v) is 19.5. The number of halogens is 2. The van der Waals surface area contributed by atoms with Crippen molar-refractivity contribution < 1.29 is 23.1 Å². The van der Waals surface area contributed by atoms with Crippen molar-refractivity contribution in [3.63, 3.8) is 0 Å². The molecule has 2 heterocycles. The van der Waals surface area contributed by atoms with Crippen molar-refractivity contribution in [2.75, 3.05) is 31.6 Å². The Labute approximate surface area is 202 Å². The van der Waals surface area contributed by atoms with Gasteiger partial charge in [-0.3, -0.25) is 9.59 Å². The SMILES string of the molecule is COc1ccc(Cc2ccnc(N3CCc4c3ccc(F)c4C(=O)NCCNC(C)=O)c2)cc1F. The summed E-state index contributed by atoms with van der Waals surface area (Å²) in [6.07, 6.45) is 2.67. The first-order chi connectivity index (χ1) is 16.9. The maximum absolute atomic E-state index is 14.7. The molecule has 4 rings (SSSR count). The molecule has 0 aliphatic carbocycles. The number of ether oxygens (including phenoxy) is 1. The number of pyridine rings is 1. The van der Waals surface area contributed by atoms with E-state index in [9.17, 15) is 18.4 Å². The monoisotopic (exact) mass is 480 g/mol. The number of nitrogens with one attached hydrogen (secondary N) is 2. The van der Waals surface area contributed by atoms with Crippen molar-refractivity contribution in [1.82, 2.24) is 15.6 Å². The van der Waals surface area contributed by atoms with E-state index >= 15 is 0 Å². The molecule has 1 aliphatic rings. The van der Waals surface area contributed by atoms with Gasteiger partial charge in [-0.15, -0.1) is 0 Å². The van der Waals surface area contributed by atoms with E-state index in [2.05, 4.69) is 15.6 Å². The fourth-order valence-corrected chi connectivity index (χ4v) is 4.22. The molecule has 7 nitrogen and oxygen atoms in total. The molecule has 2 amide bonds. The van der Waals surface area contributed by atoms with Crippen molar-refractivity contribution in [1.29, 1.82) is 0 Å². The van der Waals surface area contributed by atoms with Gasteiger partial charge in [-0.05, 0) is 65.9 Å². The van der Waals surface area contributed by atoms with Crippen LogP contribution in [0.4, 0.5) is 20.3 Å². The zero-order chi connectivity index (χ0) is 24.9. The van der Waals surface area contributed by atoms with E-state index in [0.717, 1.165) is 16.8 Å². The molecule has 0 saturated carbocycles. The molecule has 0 atom stereocenters. The molecule has 0 radical (unpaired) electrons. The molecule has 0 saturated heterocycles. The summed E-state index contributed by atoms with van der Waals surface area (Å²) in [6, 6.07) is 11.6. The number of hydrogen-bond donors (Lipinski definition) is 2. The molecule has 0 unspecified atom stereocenters. The fourth-order valence-electron chi connectivity index (χ4n) is 4.22. The molecule has 35 heavy (non-hydrogen) atoms. The summed E-state index contributed by atoms with van der Waals surface area (Å²) in [5.41, 5.74) is 3.08. The summed E-state index contributed by atoms with van der Waals surface area (Å²) < 4.78 is 33.7. The Morgan fingerprint density at radius 3 is 2.54 bits per heavy atom. The second kappa shape index (κ2) is 10.5. The number of benzene rings is 2. The maximum atomic E-state index is 14.7. The van der Waals surface area contributed by atoms with Gasteiger partial charge in [0.1, 0.15) is 11.6 Å². The van der Waals surface area contributed by atoms with Crippen molar-refractivity contribution in [3.05, 3.63) is 82.5 Å². The number of fused-ring (bicyclic) bond motifs is 1. The Balaban J connectivity index is 1.54. The van der Waals surface area contributed by atoms with Gasteiger partial charge in [-0.1, -0.05) is 6.07 Å². The Morgan fingerprint density at radius 2 is 1.80 bits per heavy atom. The van der Waals surface area contributed by atoms with E-state index in [0.29, 0.717) is 30.8 Å². The van der Waals surface area contributed by atoms with Crippen LogP contribution in [-0.4, -0.2) is 43.5 Å². The van der Waals surface area contributed by atoms with Gasteiger partial charge in [0.15, 0.2) is 11.6 Å². The third-order valence-electron chi connectivity index (χ3n) is 5.84. The van der Waals surface area contributed by atoms with Gasteiger partial charge < -0.3 is 20.3 Å². The Kier molecular flexibility index (Phi) is 7.24. The second-order valence-corrected chi connectivity index (χ2v) is 8.23. The van der Waals surface area contributed by atoms with E-state index in [-0.39, 0.29) is 30.3 Å². The molecule has 2 N–H and O–H groups in total. The predicted molar refractivity (Wildman–Crippen MR) is 128 cm³/mol. The van der Waals surface area contributed by atoms with Gasteiger partial charge in [-0.25, -0.2) is 13.8 Å². The summed E-state index contributed by atoms with van der Waals surface area (Å²) >= 11 is 0. The number of carbonyl (C=O) groups excluding carboxylic acids is 2. The number of carbonyl (C=O) groups is 2. The molecule has 9 heteroatoms. The Morgan fingerprint density at radius 1 is 1.03 bits per heavy atom. The van der Waals surface area contributed by atoms with Crippen molar-refractivity contribution >= 4 is 23.3 Å². The summed E-state index contributed by atoms with van der Waals surface area (Å²) in [5, 5.41) is 5.25. The third-order valence-corrected chi connectivity index (χ3v) is 5.84. The molecule has 182 valence electrons. The molecular weight excluding hydrogens is 454 g/mol. The lowest BCUT2D eigenvalue weighted by atomic mass is 10.0. The summed E-state index contributed by atoms with van der Waals surface area (Å²) in [4.78, 5) is 30.1. The summed E-state index contributed by atoms with van der Waals surface area (Å²) in [7, 11) is 1.42. The van der Waals surface area contributed by atoms with Crippen LogP contribution in [0, 0.1) is 11.6 Å². The highest BCUT2D eigenvalue weighted by molar-refractivity contribution is 5.98. The topological polar surface area (TPSA) is 83.6 Å². The number of hydrogen-bond acceptors (Lipinski definition) is 5. The molecule has 0 fully saturated rings. The van der Waals surface area contributed by atoms with E-state index in [1.165, 1.54) is 26.2 Å². The minimum absolute atomic E-state index is 0.0117. The summed E-state index contributed by atoms with van der Waals surface area (Å²) in [6.45, 7) is 2.39. The molecule has 1 aliphatic heterocycles. The van der Waals surface area contributed by atoms with Crippen molar-refractivity contribution in [2.24, 2.45) is 0 Å². The fraction of sp³-hybridized carbons (Fsp3) is 0.269. The van der Waals surface area contributed by atoms with Crippen LogP contribution < -0.4 is 20.3 Å². The van der Waals surface area contributed by atoms with Crippen LogP contribution in [0.5, 0.6) is 5.75 Å². The highest BCUT2D eigenvalue weighted by Gasteiger charge is 2.28. The van der Waals surface area contributed by atoms with E-state index in [4.69, 9.17) is 4.74 Å².